The maximum atomic E-state index is 6.55. The quantitative estimate of drug-likeness (QED) is 0.291. The third-order valence-corrected chi connectivity index (χ3v) is 6.35. The summed E-state index contributed by atoms with van der Waals surface area (Å²) in [6.07, 6.45) is 1.75. The Hall–Kier alpha value is -2.35. The lowest BCUT2D eigenvalue weighted by Crippen LogP contribution is -2.07. The molecule has 0 spiro atoms. The van der Waals surface area contributed by atoms with E-state index in [2.05, 4.69) is 57.0 Å². The Morgan fingerprint density at radius 1 is 0.968 bits per heavy atom. The molecule has 0 aliphatic carbocycles. The van der Waals surface area contributed by atoms with E-state index in [1.54, 1.807) is 13.0 Å². The second-order valence-corrected chi connectivity index (χ2v) is 8.69. The van der Waals surface area contributed by atoms with Crippen molar-refractivity contribution in [2.45, 2.75) is 44.5 Å². The molecule has 2 aromatic heterocycles. The van der Waals surface area contributed by atoms with Crippen LogP contribution in [0.4, 0.5) is 0 Å². The first-order valence-electron chi connectivity index (χ1n) is 9.95. The number of hydrogen-bond donors (Lipinski definition) is 0. The van der Waals surface area contributed by atoms with E-state index in [0.29, 0.717) is 33.4 Å². The standard InChI is InChI=1S/C22H21Cl2N5OS/c1-4-14-7-6-8-15(5-2)20(14)29-21(17-10-9-16(23)11-18(17)24)27-28-22(29)31-12-19-26-25-13(3)30-19/h6-11H,4-5,12H2,1-3H3. The van der Waals surface area contributed by atoms with Crippen LogP contribution in [0, 0.1) is 6.92 Å². The number of para-hydroxylation sites is 1. The van der Waals surface area contributed by atoms with Gasteiger partial charge in [-0.2, -0.15) is 0 Å². The van der Waals surface area contributed by atoms with Gasteiger partial charge in [-0.1, -0.05) is 67.0 Å². The fraction of sp³-hybridized carbons (Fsp3) is 0.273. The van der Waals surface area contributed by atoms with Crippen molar-refractivity contribution >= 4 is 35.0 Å². The summed E-state index contributed by atoms with van der Waals surface area (Å²) < 4.78 is 7.61. The number of benzene rings is 2. The molecule has 2 heterocycles. The fourth-order valence-corrected chi connectivity index (χ4v) is 4.70. The first-order chi connectivity index (χ1) is 15.0. The maximum absolute atomic E-state index is 6.55. The van der Waals surface area contributed by atoms with Crippen molar-refractivity contribution in [3.8, 4) is 17.1 Å². The van der Waals surface area contributed by atoms with Crippen molar-refractivity contribution in [1.29, 1.82) is 0 Å². The normalized spacial score (nSPS) is 11.3. The number of aryl methyl sites for hydroxylation is 3. The van der Waals surface area contributed by atoms with Gasteiger partial charge in [0.2, 0.25) is 11.8 Å². The number of nitrogens with zero attached hydrogens (tertiary/aromatic N) is 5. The van der Waals surface area contributed by atoms with Crippen LogP contribution in [0.2, 0.25) is 10.0 Å². The Bertz CT molecular complexity index is 1200. The highest BCUT2D eigenvalue weighted by Crippen LogP contribution is 2.36. The van der Waals surface area contributed by atoms with Crippen molar-refractivity contribution in [3.63, 3.8) is 0 Å². The molecule has 2 aromatic carbocycles. The number of rotatable bonds is 7. The molecule has 0 radical (unpaired) electrons. The Kier molecular flexibility index (Phi) is 6.65. The summed E-state index contributed by atoms with van der Waals surface area (Å²) in [5.41, 5.74) is 4.27. The molecule has 0 atom stereocenters. The van der Waals surface area contributed by atoms with Crippen LogP contribution < -0.4 is 0 Å². The van der Waals surface area contributed by atoms with Crippen molar-refractivity contribution in [2.75, 3.05) is 0 Å². The topological polar surface area (TPSA) is 69.6 Å². The van der Waals surface area contributed by atoms with Gasteiger partial charge in [-0.25, -0.2) is 0 Å². The van der Waals surface area contributed by atoms with Crippen LogP contribution in [0.1, 0.15) is 36.8 Å². The van der Waals surface area contributed by atoms with Gasteiger partial charge in [0.05, 0.1) is 16.5 Å². The van der Waals surface area contributed by atoms with Gasteiger partial charge in [-0.05, 0) is 42.2 Å². The SMILES string of the molecule is CCc1cccc(CC)c1-n1c(SCc2nnc(C)o2)nnc1-c1ccc(Cl)cc1Cl. The molecule has 9 heteroatoms. The van der Waals surface area contributed by atoms with Crippen LogP contribution in [0.3, 0.4) is 0 Å². The molecule has 160 valence electrons. The molecule has 0 saturated heterocycles. The van der Waals surface area contributed by atoms with Crippen LogP contribution in [0.15, 0.2) is 46.0 Å². The molecule has 31 heavy (non-hydrogen) atoms. The molecular formula is C22H21Cl2N5OS. The fourth-order valence-electron chi connectivity index (χ4n) is 3.43. The third-order valence-electron chi connectivity index (χ3n) is 4.89. The lowest BCUT2D eigenvalue weighted by Gasteiger charge is -2.18. The van der Waals surface area contributed by atoms with Gasteiger partial charge >= 0.3 is 0 Å². The molecule has 0 N–H and O–H groups in total. The van der Waals surface area contributed by atoms with Crippen molar-refractivity contribution in [2.24, 2.45) is 0 Å². The summed E-state index contributed by atoms with van der Waals surface area (Å²) in [5, 5.41) is 18.8. The van der Waals surface area contributed by atoms with E-state index in [1.165, 1.54) is 22.9 Å². The van der Waals surface area contributed by atoms with Gasteiger partial charge < -0.3 is 4.42 Å². The minimum Gasteiger partial charge on any atom is -0.425 e. The highest BCUT2D eigenvalue weighted by Gasteiger charge is 2.22. The average molecular weight is 474 g/mol. The van der Waals surface area contributed by atoms with E-state index in [9.17, 15) is 0 Å². The summed E-state index contributed by atoms with van der Waals surface area (Å²) >= 11 is 14.2. The molecule has 6 nitrogen and oxygen atoms in total. The van der Waals surface area contributed by atoms with E-state index in [-0.39, 0.29) is 0 Å². The summed E-state index contributed by atoms with van der Waals surface area (Å²) in [6.45, 7) is 6.06. The number of hydrogen-bond acceptors (Lipinski definition) is 6. The van der Waals surface area contributed by atoms with E-state index in [4.69, 9.17) is 27.6 Å². The second kappa shape index (κ2) is 9.42. The van der Waals surface area contributed by atoms with Crippen molar-refractivity contribution in [3.05, 3.63) is 69.4 Å². The smallest absolute Gasteiger partial charge is 0.226 e. The molecule has 0 saturated carbocycles. The number of thioether (sulfide) groups is 1. The predicted molar refractivity (Wildman–Crippen MR) is 124 cm³/mol. The zero-order chi connectivity index (χ0) is 22.0. The van der Waals surface area contributed by atoms with Crippen LogP contribution in [-0.2, 0) is 18.6 Å². The molecular weight excluding hydrogens is 453 g/mol. The number of halogens is 2. The molecule has 4 rings (SSSR count). The second-order valence-electron chi connectivity index (χ2n) is 6.90. The third kappa shape index (κ3) is 4.49. The lowest BCUT2D eigenvalue weighted by molar-refractivity contribution is 0.485. The highest BCUT2D eigenvalue weighted by atomic mass is 35.5. The maximum Gasteiger partial charge on any atom is 0.226 e. The van der Waals surface area contributed by atoms with E-state index < -0.39 is 0 Å². The highest BCUT2D eigenvalue weighted by molar-refractivity contribution is 7.98. The lowest BCUT2D eigenvalue weighted by atomic mass is 10.0. The molecule has 4 aromatic rings. The molecule has 0 aliphatic rings. The van der Waals surface area contributed by atoms with Crippen molar-refractivity contribution < 1.29 is 4.42 Å². The van der Waals surface area contributed by atoms with Crippen LogP contribution in [-0.4, -0.2) is 25.0 Å². The summed E-state index contributed by atoms with van der Waals surface area (Å²) in [5.74, 6) is 2.24. The average Bonchev–Trinajstić information content (AvgIpc) is 3.37. The van der Waals surface area contributed by atoms with E-state index in [0.717, 1.165) is 29.2 Å². The first-order valence-corrected chi connectivity index (χ1v) is 11.7. The minimum atomic E-state index is 0.489. The first kappa shape index (κ1) is 21.9. The molecule has 0 fully saturated rings. The van der Waals surface area contributed by atoms with Gasteiger partial charge in [-0.3, -0.25) is 4.57 Å². The van der Waals surface area contributed by atoms with Gasteiger partial charge in [-0.15, -0.1) is 20.4 Å². The van der Waals surface area contributed by atoms with Crippen molar-refractivity contribution in [1.82, 2.24) is 25.0 Å². The minimum absolute atomic E-state index is 0.489. The van der Waals surface area contributed by atoms with E-state index >= 15 is 0 Å². The van der Waals surface area contributed by atoms with Gasteiger partial charge in [0.15, 0.2) is 11.0 Å². The summed E-state index contributed by atoms with van der Waals surface area (Å²) in [4.78, 5) is 0. The van der Waals surface area contributed by atoms with E-state index in [1.807, 2.05) is 12.1 Å². The van der Waals surface area contributed by atoms with Gasteiger partial charge in [0.1, 0.15) is 0 Å². The Morgan fingerprint density at radius 3 is 2.32 bits per heavy atom. The van der Waals surface area contributed by atoms with Gasteiger partial charge in [0, 0.05) is 17.5 Å². The predicted octanol–water partition coefficient (Wildman–Crippen LogP) is 6.35. The zero-order valence-corrected chi connectivity index (χ0v) is 19.7. The largest absolute Gasteiger partial charge is 0.425 e. The summed E-state index contributed by atoms with van der Waals surface area (Å²) in [6, 6.07) is 11.8. The van der Waals surface area contributed by atoms with Crippen LogP contribution in [0.5, 0.6) is 0 Å². The Labute approximate surface area is 195 Å². The monoisotopic (exact) mass is 473 g/mol. The van der Waals surface area contributed by atoms with Gasteiger partial charge in [0.25, 0.3) is 0 Å². The Balaban J connectivity index is 1.89. The molecule has 0 unspecified atom stereocenters. The molecule has 0 amide bonds. The zero-order valence-electron chi connectivity index (χ0n) is 17.4. The van der Waals surface area contributed by atoms with Crippen LogP contribution >= 0.6 is 35.0 Å². The Morgan fingerprint density at radius 2 is 1.71 bits per heavy atom. The molecule has 0 bridgehead atoms. The summed E-state index contributed by atoms with van der Waals surface area (Å²) in [7, 11) is 0. The van der Waals surface area contributed by atoms with Crippen LogP contribution in [0.25, 0.3) is 17.1 Å². The number of aromatic nitrogens is 5. The molecule has 0 aliphatic heterocycles.